The van der Waals surface area contributed by atoms with Crippen LogP contribution < -0.4 is 11.1 Å². The van der Waals surface area contributed by atoms with E-state index in [0.717, 1.165) is 29.4 Å². The van der Waals surface area contributed by atoms with Crippen molar-refractivity contribution in [3.8, 4) is 0 Å². The molecule has 4 rings (SSSR count). The van der Waals surface area contributed by atoms with Crippen molar-refractivity contribution in [3.63, 3.8) is 0 Å². The Morgan fingerprint density at radius 3 is 2.60 bits per heavy atom. The van der Waals surface area contributed by atoms with Gasteiger partial charge in [-0.05, 0) is 42.7 Å². The highest BCUT2D eigenvalue weighted by atomic mass is 16.1. The molecule has 0 saturated heterocycles. The number of nitrogens with zero attached hydrogens (tertiary/aromatic N) is 2. The molecule has 128 valence electrons. The lowest BCUT2D eigenvalue weighted by atomic mass is 10.1. The summed E-state index contributed by atoms with van der Waals surface area (Å²) in [6, 6.07) is 15.9. The first kappa shape index (κ1) is 15.7. The second-order valence-corrected chi connectivity index (χ2v) is 6.70. The zero-order valence-electron chi connectivity index (χ0n) is 14.1. The van der Waals surface area contributed by atoms with Crippen LogP contribution in [-0.2, 0) is 11.2 Å². The van der Waals surface area contributed by atoms with Crippen molar-refractivity contribution in [2.45, 2.75) is 38.1 Å². The summed E-state index contributed by atoms with van der Waals surface area (Å²) in [7, 11) is 0. The first-order valence-electron chi connectivity index (χ1n) is 8.82. The lowest BCUT2D eigenvalue weighted by molar-refractivity contribution is -0.115. The van der Waals surface area contributed by atoms with E-state index in [1.165, 1.54) is 12.8 Å². The van der Waals surface area contributed by atoms with Gasteiger partial charge in [0.2, 0.25) is 11.9 Å². The molecule has 0 aliphatic heterocycles. The number of nitrogen functional groups attached to an aromatic ring is 1. The van der Waals surface area contributed by atoms with Gasteiger partial charge in [0.25, 0.3) is 0 Å². The van der Waals surface area contributed by atoms with E-state index >= 15 is 0 Å². The van der Waals surface area contributed by atoms with Crippen LogP contribution >= 0.6 is 0 Å². The fourth-order valence-corrected chi connectivity index (χ4v) is 3.65. The highest BCUT2D eigenvalue weighted by Crippen LogP contribution is 2.35. The predicted molar refractivity (Wildman–Crippen MR) is 100 cm³/mol. The van der Waals surface area contributed by atoms with Gasteiger partial charge in [0.15, 0.2) is 0 Å². The summed E-state index contributed by atoms with van der Waals surface area (Å²) in [5.74, 6) is 0.605. The number of rotatable bonds is 4. The number of nitrogens with two attached hydrogens (primary N) is 1. The first-order chi connectivity index (χ1) is 12.2. The number of anilines is 2. The maximum absolute atomic E-state index is 12.5. The zero-order valence-corrected chi connectivity index (χ0v) is 14.1. The summed E-state index contributed by atoms with van der Waals surface area (Å²) in [4.78, 5) is 17.2. The molecule has 1 aliphatic carbocycles. The molecular formula is C20H22N4O. The van der Waals surface area contributed by atoms with Crippen LogP contribution in [0.25, 0.3) is 11.0 Å². The second-order valence-electron chi connectivity index (χ2n) is 6.70. The van der Waals surface area contributed by atoms with Gasteiger partial charge in [0.1, 0.15) is 0 Å². The third kappa shape index (κ3) is 3.22. The third-order valence-corrected chi connectivity index (χ3v) is 4.88. The van der Waals surface area contributed by atoms with E-state index in [-0.39, 0.29) is 5.91 Å². The molecule has 1 amide bonds. The van der Waals surface area contributed by atoms with Gasteiger partial charge in [0.05, 0.1) is 17.5 Å². The van der Waals surface area contributed by atoms with Crippen molar-refractivity contribution in [1.82, 2.24) is 9.55 Å². The van der Waals surface area contributed by atoms with Crippen molar-refractivity contribution < 1.29 is 4.79 Å². The molecule has 25 heavy (non-hydrogen) atoms. The maximum Gasteiger partial charge on any atom is 0.231 e. The highest BCUT2D eigenvalue weighted by Gasteiger charge is 2.23. The Morgan fingerprint density at radius 1 is 1.12 bits per heavy atom. The van der Waals surface area contributed by atoms with E-state index in [9.17, 15) is 4.79 Å². The smallest absolute Gasteiger partial charge is 0.231 e. The minimum Gasteiger partial charge on any atom is -0.399 e. The van der Waals surface area contributed by atoms with Crippen LogP contribution in [0, 0.1) is 0 Å². The summed E-state index contributed by atoms with van der Waals surface area (Å²) < 4.78 is 2.21. The lowest BCUT2D eigenvalue weighted by Gasteiger charge is -2.16. The number of benzene rings is 2. The molecule has 5 nitrogen and oxygen atoms in total. The van der Waals surface area contributed by atoms with Crippen molar-refractivity contribution >= 4 is 28.6 Å². The number of carbonyl (C=O) groups excluding carboxylic acids is 1. The number of nitrogens with one attached hydrogen (secondary N) is 1. The number of amides is 1. The number of imidazole rings is 1. The van der Waals surface area contributed by atoms with E-state index in [2.05, 4.69) is 20.9 Å². The Hall–Kier alpha value is -2.82. The molecule has 0 radical (unpaired) electrons. The SMILES string of the molecule is Nc1ccc(CC(=O)Nc2nc3ccccc3n2C2CCCC2)cc1. The van der Waals surface area contributed by atoms with Gasteiger partial charge in [-0.1, -0.05) is 37.1 Å². The normalized spacial score (nSPS) is 14.9. The van der Waals surface area contributed by atoms with Crippen LogP contribution in [0.2, 0.25) is 0 Å². The molecule has 1 aliphatic rings. The van der Waals surface area contributed by atoms with Gasteiger partial charge >= 0.3 is 0 Å². The third-order valence-electron chi connectivity index (χ3n) is 4.88. The molecule has 1 aromatic heterocycles. The number of hydrogen-bond donors (Lipinski definition) is 2. The molecule has 3 N–H and O–H groups in total. The molecule has 2 aromatic carbocycles. The summed E-state index contributed by atoms with van der Waals surface area (Å²) in [5.41, 5.74) is 9.36. The van der Waals surface area contributed by atoms with Crippen molar-refractivity contribution in [2.24, 2.45) is 0 Å². The van der Waals surface area contributed by atoms with Crippen molar-refractivity contribution in [2.75, 3.05) is 11.1 Å². The Kier molecular flexibility index (Phi) is 4.14. The van der Waals surface area contributed by atoms with E-state index < -0.39 is 0 Å². The standard InChI is InChI=1S/C20H22N4O/c21-15-11-9-14(10-12-15)13-19(25)23-20-22-17-7-3-4-8-18(17)24(20)16-5-1-2-6-16/h3-4,7-12,16H,1-2,5-6,13,21H2,(H,22,23,25). The molecule has 5 heteroatoms. The number of aromatic nitrogens is 2. The minimum absolute atomic E-state index is 0.0562. The van der Waals surface area contributed by atoms with Crippen molar-refractivity contribution in [1.29, 1.82) is 0 Å². The largest absolute Gasteiger partial charge is 0.399 e. The molecule has 1 heterocycles. The average molecular weight is 334 g/mol. The molecule has 0 bridgehead atoms. The van der Waals surface area contributed by atoms with Crippen LogP contribution in [0.4, 0.5) is 11.6 Å². The maximum atomic E-state index is 12.5. The minimum atomic E-state index is -0.0562. The van der Waals surface area contributed by atoms with Gasteiger partial charge in [-0.2, -0.15) is 0 Å². The van der Waals surface area contributed by atoms with E-state index in [4.69, 9.17) is 5.73 Å². The van der Waals surface area contributed by atoms with E-state index in [1.807, 2.05) is 42.5 Å². The van der Waals surface area contributed by atoms with Gasteiger partial charge < -0.3 is 10.3 Å². The average Bonchev–Trinajstić information content (AvgIpc) is 3.23. The summed E-state index contributed by atoms with van der Waals surface area (Å²) in [6.45, 7) is 0. The summed E-state index contributed by atoms with van der Waals surface area (Å²) >= 11 is 0. The Morgan fingerprint density at radius 2 is 1.84 bits per heavy atom. The fraction of sp³-hybridized carbons (Fsp3) is 0.300. The molecule has 1 fully saturated rings. The van der Waals surface area contributed by atoms with Crippen molar-refractivity contribution in [3.05, 3.63) is 54.1 Å². The molecular weight excluding hydrogens is 312 g/mol. The topological polar surface area (TPSA) is 72.9 Å². The molecule has 0 atom stereocenters. The fourth-order valence-electron chi connectivity index (χ4n) is 3.65. The van der Waals surface area contributed by atoms with Gasteiger partial charge in [0, 0.05) is 11.7 Å². The first-order valence-corrected chi connectivity index (χ1v) is 8.82. The van der Waals surface area contributed by atoms with Crippen LogP contribution in [0.5, 0.6) is 0 Å². The summed E-state index contributed by atoms with van der Waals surface area (Å²) in [6.07, 6.45) is 5.06. The van der Waals surface area contributed by atoms with E-state index in [0.29, 0.717) is 24.1 Å². The summed E-state index contributed by atoms with van der Waals surface area (Å²) in [5, 5.41) is 3.02. The highest BCUT2D eigenvalue weighted by molar-refractivity contribution is 5.93. The van der Waals surface area contributed by atoms with Gasteiger partial charge in [-0.3, -0.25) is 10.1 Å². The number of fused-ring (bicyclic) bond motifs is 1. The Labute approximate surface area is 146 Å². The number of para-hydroxylation sites is 2. The molecule has 0 unspecified atom stereocenters. The van der Waals surface area contributed by atoms with Gasteiger partial charge in [-0.25, -0.2) is 4.98 Å². The number of carbonyl (C=O) groups is 1. The van der Waals surface area contributed by atoms with Crippen LogP contribution in [-0.4, -0.2) is 15.5 Å². The predicted octanol–water partition coefficient (Wildman–Crippen LogP) is 3.91. The van der Waals surface area contributed by atoms with Crippen LogP contribution in [0.3, 0.4) is 0 Å². The van der Waals surface area contributed by atoms with Crippen LogP contribution in [0.1, 0.15) is 37.3 Å². The molecule has 0 spiro atoms. The van der Waals surface area contributed by atoms with E-state index in [1.54, 1.807) is 0 Å². The Balaban J connectivity index is 1.60. The van der Waals surface area contributed by atoms with Gasteiger partial charge in [-0.15, -0.1) is 0 Å². The Bertz CT molecular complexity index is 892. The molecule has 1 saturated carbocycles. The monoisotopic (exact) mass is 334 g/mol. The lowest BCUT2D eigenvalue weighted by Crippen LogP contribution is -2.19. The molecule has 3 aromatic rings. The quantitative estimate of drug-likeness (QED) is 0.710. The second kappa shape index (κ2) is 6.59. The number of hydrogen-bond acceptors (Lipinski definition) is 3. The van der Waals surface area contributed by atoms with Crippen LogP contribution in [0.15, 0.2) is 48.5 Å². The zero-order chi connectivity index (χ0) is 17.2.